The van der Waals surface area contributed by atoms with Crippen LogP contribution in [0.1, 0.15) is 0 Å². The molecule has 5 nitrogen and oxygen atoms in total. The molecule has 0 saturated heterocycles. The van der Waals surface area contributed by atoms with Crippen molar-refractivity contribution in [3.63, 3.8) is 0 Å². The first kappa shape index (κ1) is 11.3. The SMILES string of the molecule is COc1cccc(-c2c(N)cnn2C)c1OC. The fourth-order valence-corrected chi connectivity index (χ4v) is 1.86. The summed E-state index contributed by atoms with van der Waals surface area (Å²) in [6.07, 6.45) is 1.62. The molecule has 90 valence electrons. The predicted octanol–water partition coefficient (Wildman–Crippen LogP) is 1.69. The zero-order chi connectivity index (χ0) is 12.4. The molecule has 1 heterocycles. The number of benzene rings is 1. The van der Waals surface area contributed by atoms with Crippen LogP contribution in [0.2, 0.25) is 0 Å². The van der Waals surface area contributed by atoms with Crippen LogP contribution in [0.4, 0.5) is 5.69 Å². The van der Waals surface area contributed by atoms with Gasteiger partial charge in [0.2, 0.25) is 0 Å². The second kappa shape index (κ2) is 4.37. The third kappa shape index (κ3) is 1.80. The van der Waals surface area contributed by atoms with Gasteiger partial charge in [0.05, 0.1) is 31.8 Å². The summed E-state index contributed by atoms with van der Waals surface area (Å²) in [6.45, 7) is 0. The molecule has 2 N–H and O–H groups in total. The van der Waals surface area contributed by atoms with E-state index >= 15 is 0 Å². The number of aromatic nitrogens is 2. The molecule has 0 saturated carbocycles. The Morgan fingerprint density at radius 3 is 2.53 bits per heavy atom. The van der Waals surface area contributed by atoms with E-state index in [2.05, 4.69) is 5.10 Å². The molecule has 0 unspecified atom stereocenters. The fourth-order valence-electron chi connectivity index (χ4n) is 1.86. The Kier molecular flexibility index (Phi) is 2.91. The molecule has 2 aromatic rings. The molecule has 1 aromatic carbocycles. The van der Waals surface area contributed by atoms with Crippen LogP contribution >= 0.6 is 0 Å². The standard InChI is InChI=1S/C12H15N3O2/c1-15-11(9(13)7-14-15)8-5-4-6-10(16-2)12(8)17-3/h4-7H,13H2,1-3H3. The number of rotatable bonds is 3. The highest BCUT2D eigenvalue weighted by Gasteiger charge is 2.16. The molecule has 2 rings (SSSR count). The third-order valence-electron chi connectivity index (χ3n) is 2.63. The summed E-state index contributed by atoms with van der Waals surface area (Å²) >= 11 is 0. The van der Waals surface area contributed by atoms with Gasteiger partial charge in [0.25, 0.3) is 0 Å². The van der Waals surface area contributed by atoms with Gasteiger partial charge in [-0.1, -0.05) is 6.07 Å². The topological polar surface area (TPSA) is 62.3 Å². The summed E-state index contributed by atoms with van der Waals surface area (Å²) < 4.78 is 12.4. The summed E-state index contributed by atoms with van der Waals surface area (Å²) in [5, 5.41) is 4.12. The van der Waals surface area contributed by atoms with Gasteiger partial charge in [0.1, 0.15) is 0 Å². The van der Waals surface area contributed by atoms with Crippen LogP contribution in [-0.4, -0.2) is 24.0 Å². The van der Waals surface area contributed by atoms with E-state index < -0.39 is 0 Å². The zero-order valence-electron chi connectivity index (χ0n) is 10.1. The normalized spacial score (nSPS) is 10.3. The largest absolute Gasteiger partial charge is 0.493 e. The van der Waals surface area contributed by atoms with E-state index in [4.69, 9.17) is 15.2 Å². The van der Waals surface area contributed by atoms with E-state index in [9.17, 15) is 0 Å². The second-order valence-corrected chi connectivity index (χ2v) is 3.61. The maximum absolute atomic E-state index is 5.91. The lowest BCUT2D eigenvalue weighted by Gasteiger charge is -2.13. The van der Waals surface area contributed by atoms with Gasteiger partial charge in [-0.2, -0.15) is 5.10 Å². The van der Waals surface area contributed by atoms with E-state index in [-0.39, 0.29) is 0 Å². The summed E-state index contributed by atoms with van der Waals surface area (Å²) in [6, 6.07) is 5.66. The number of nitrogens with zero attached hydrogens (tertiary/aromatic N) is 2. The van der Waals surface area contributed by atoms with Gasteiger partial charge in [-0.05, 0) is 12.1 Å². The lowest BCUT2D eigenvalue weighted by atomic mass is 10.1. The van der Waals surface area contributed by atoms with Crippen molar-refractivity contribution in [1.82, 2.24) is 9.78 Å². The number of nitrogens with two attached hydrogens (primary N) is 1. The van der Waals surface area contributed by atoms with E-state index in [1.54, 1.807) is 25.1 Å². The van der Waals surface area contributed by atoms with Crippen molar-refractivity contribution in [1.29, 1.82) is 0 Å². The molecule has 0 amide bonds. The molecule has 5 heteroatoms. The van der Waals surface area contributed by atoms with Crippen molar-refractivity contribution in [2.24, 2.45) is 7.05 Å². The number of methoxy groups -OCH3 is 2. The van der Waals surface area contributed by atoms with Crippen LogP contribution in [0.3, 0.4) is 0 Å². The monoisotopic (exact) mass is 233 g/mol. The van der Waals surface area contributed by atoms with Gasteiger partial charge in [-0.15, -0.1) is 0 Å². The van der Waals surface area contributed by atoms with E-state index in [0.29, 0.717) is 17.2 Å². The second-order valence-electron chi connectivity index (χ2n) is 3.61. The van der Waals surface area contributed by atoms with Crippen molar-refractivity contribution in [3.05, 3.63) is 24.4 Å². The Balaban J connectivity index is 2.67. The molecule has 0 spiro atoms. The predicted molar refractivity (Wildman–Crippen MR) is 66.2 cm³/mol. The van der Waals surface area contributed by atoms with Crippen LogP contribution in [-0.2, 0) is 7.05 Å². The number of ether oxygens (including phenoxy) is 2. The molecular weight excluding hydrogens is 218 g/mol. The minimum atomic E-state index is 0.610. The quantitative estimate of drug-likeness (QED) is 0.876. The average Bonchev–Trinajstić information content (AvgIpc) is 2.68. The summed E-state index contributed by atoms with van der Waals surface area (Å²) in [4.78, 5) is 0. The lowest BCUT2D eigenvalue weighted by molar-refractivity contribution is 0.356. The average molecular weight is 233 g/mol. The molecule has 0 aliphatic rings. The Morgan fingerprint density at radius 2 is 2.00 bits per heavy atom. The van der Waals surface area contributed by atoms with Gasteiger partial charge in [-0.25, -0.2) is 0 Å². The first-order chi connectivity index (χ1) is 8.19. The van der Waals surface area contributed by atoms with Gasteiger partial charge in [-0.3, -0.25) is 4.68 Å². The Hall–Kier alpha value is -2.17. The molecule has 0 fully saturated rings. The smallest absolute Gasteiger partial charge is 0.170 e. The molecular formula is C12H15N3O2. The van der Waals surface area contributed by atoms with Gasteiger partial charge < -0.3 is 15.2 Å². The Morgan fingerprint density at radius 1 is 1.24 bits per heavy atom. The van der Waals surface area contributed by atoms with Crippen molar-refractivity contribution in [3.8, 4) is 22.8 Å². The van der Waals surface area contributed by atoms with Crippen LogP contribution in [0.5, 0.6) is 11.5 Å². The molecule has 17 heavy (non-hydrogen) atoms. The zero-order valence-corrected chi connectivity index (χ0v) is 10.1. The third-order valence-corrected chi connectivity index (χ3v) is 2.63. The number of nitrogen functional groups attached to an aromatic ring is 1. The number of anilines is 1. The Bertz CT molecular complexity index is 515. The van der Waals surface area contributed by atoms with Crippen LogP contribution in [0.25, 0.3) is 11.3 Å². The van der Waals surface area contributed by atoms with Crippen LogP contribution < -0.4 is 15.2 Å². The number of aryl methyl sites for hydroxylation is 1. The molecule has 0 radical (unpaired) electrons. The molecule has 0 bridgehead atoms. The maximum atomic E-state index is 5.91. The summed E-state index contributed by atoms with van der Waals surface area (Å²) in [7, 11) is 5.05. The van der Waals surface area contributed by atoms with Crippen molar-refractivity contribution in [2.75, 3.05) is 20.0 Å². The lowest BCUT2D eigenvalue weighted by Crippen LogP contribution is -1.99. The van der Waals surface area contributed by atoms with E-state index in [0.717, 1.165) is 11.3 Å². The molecule has 0 atom stereocenters. The number of hydrogen-bond acceptors (Lipinski definition) is 4. The first-order valence-corrected chi connectivity index (χ1v) is 5.18. The van der Waals surface area contributed by atoms with Crippen molar-refractivity contribution < 1.29 is 9.47 Å². The van der Waals surface area contributed by atoms with Gasteiger partial charge in [0.15, 0.2) is 11.5 Å². The maximum Gasteiger partial charge on any atom is 0.170 e. The fraction of sp³-hybridized carbons (Fsp3) is 0.250. The minimum Gasteiger partial charge on any atom is -0.493 e. The van der Waals surface area contributed by atoms with Crippen LogP contribution in [0, 0.1) is 0 Å². The summed E-state index contributed by atoms with van der Waals surface area (Å²) in [5.41, 5.74) is 8.20. The summed E-state index contributed by atoms with van der Waals surface area (Å²) in [5.74, 6) is 1.33. The van der Waals surface area contributed by atoms with Crippen molar-refractivity contribution in [2.45, 2.75) is 0 Å². The van der Waals surface area contributed by atoms with Crippen molar-refractivity contribution >= 4 is 5.69 Å². The molecule has 0 aliphatic carbocycles. The highest BCUT2D eigenvalue weighted by Crippen LogP contribution is 2.39. The number of para-hydroxylation sites is 1. The van der Waals surface area contributed by atoms with Gasteiger partial charge in [0, 0.05) is 12.6 Å². The minimum absolute atomic E-state index is 0.610. The highest BCUT2D eigenvalue weighted by molar-refractivity contribution is 5.79. The van der Waals surface area contributed by atoms with Gasteiger partial charge >= 0.3 is 0 Å². The van der Waals surface area contributed by atoms with E-state index in [1.807, 2.05) is 25.2 Å². The molecule has 0 aliphatic heterocycles. The number of hydrogen-bond donors (Lipinski definition) is 1. The van der Waals surface area contributed by atoms with E-state index in [1.165, 1.54) is 0 Å². The Labute approximate surface area is 99.8 Å². The highest BCUT2D eigenvalue weighted by atomic mass is 16.5. The molecule has 1 aromatic heterocycles. The first-order valence-electron chi connectivity index (χ1n) is 5.18. The van der Waals surface area contributed by atoms with Crippen LogP contribution in [0.15, 0.2) is 24.4 Å².